The average Bonchev–Trinajstić information content (AvgIpc) is 2.96. The molecule has 3 rings (SSSR count). The zero-order valence-electron chi connectivity index (χ0n) is 14.8. The molecule has 0 unspecified atom stereocenters. The van der Waals surface area contributed by atoms with Crippen molar-refractivity contribution in [1.82, 2.24) is 25.1 Å². The number of aromatic nitrogens is 4. The van der Waals surface area contributed by atoms with Gasteiger partial charge in [-0.15, -0.1) is 16.9 Å². The molecule has 0 aromatic carbocycles. The van der Waals surface area contributed by atoms with Gasteiger partial charge in [0.1, 0.15) is 5.37 Å². The number of Topliss-reactive ketones (excluding diaryl/α,β-unsaturated/α-hetero) is 1. The summed E-state index contributed by atoms with van der Waals surface area (Å²) < 4.78 is 6.86. The Morgan fingerprint density at radius 2 is 2.16 bits per heavy atom. The monoisotopic (exact) mass is 383 g/mol. The summed E-state index contributed by atoms with van der Waals surface area (Å²) in [4.78, 5) is 27.1. The van der Waals surface area contributed by atoms with Gasteiger partial charge in [-0.2, -0.15) is 0 Å². The number of hydrogen-bond donors (Lipinski definition) is 0. The lowest BCUT2D eigenvalue weighted by molar-refractivity contribution is -0.160. The smallest absolute Gasteiger partial charge is 0.260 e. The minimum absolute atomic E-state index is 0.0209. The second kappa shape index (κ2) is 6.73. The fourth-order valence-corrected chi connectivity index (χ4v) is 5.07. The van der Waals surface area contributed by atoms with Crippen LogP contribution in [0.3, 0.4) is 0 Å². The van der Waals surface area contributed by atoms with Gasteiger partial charge in [-0.3, -0.25) is 14.5 Å². The van der Waals surface area contributed by atoms with Crippen molar-refractivity contribution >= 4 is 35.2 Å². The zero-order valence-corrected chi connectivity index (χ0v) is 16.5. The van der Waals surface area contributed by atoms with Gasteiger partial charge in [-0.25, -0.2) is 4.68 Å². The second-order valence-corrected chi connectivity index (χ2v) is 9.02. The third-order valence-electron chi connectivity index (χ3n) is 4.11. The van der Waals surface area contributed by atoms with Crippen molar-refractivity contribution in [3.63, 3.8) is 0 Å². The van der Waals surface area contributed by atoms with Crippen molar-refractivity contribution in [2.45, 2.75) is 37.4 Å². The van der Waals surface area contributed by atoms with E-state index in [4.69, 9.17) is 4.74 Å². The summed E-state index contributed by atoms with van der Waals surface area (Å²) in [6.07, 6.45) is -0.468. The van der Waals surface area contributed by atoms with E-state index in [2.05, 4.69) is 15.5 Å². The number of fused-ring (bicyclic) bond motifs is 1. The minimum Gasteiger partial charge on any atom is -0.368 e. The summed E-state index contributed by atoms with van der Waals surface area (Å²) >= 11 is 3.09. The number of ether oxygens (including phenoxy) is 1. The number of rotatable bonds is 5. The van der Waals surface area contributed by atoms with Gasteiger partial charge in [-0.1, -0.05) is 32.5 Å². The SMILES string of the molecule is CO[C@H]1C(=O)N2C(C(=O)C(C)(C)C)=C(CSc3nnnn3C)CS[C@@H]12. The number of nitrogens with zero attached hydrogens (tertiary/aromatic N) is 5. The predicted octanol–water partition coefficient (Wildman–Crippen LogP) is 1.10. The molecule has 1 amide bonds. The van der Waals surface area contributed by atoms with Gasteiger partial charge in [0.25, 0.3) is 5.91 Å². The summed E-state index contributed by atoms with van der Waals surface area (Å²) in [6.45, 7) is 5.61. The Balaban J connectivity index is 1.91. The maximum absolute atomic E-state index is 13.0. The summed E-state index contributed by atoms with van der Waals surface area (Å²) in [7, 11) is 3.30. The third-order valence-corrected chi connectivity index (χ3v) is 6.52. The number of thioether (sulfide) groups is 2. The highest BCUT2D eigenvalue weighted by Gasteiger charge is 2.54. The fraction of sp³-hybridized carbons (Fsp3) is 0.667. The Labute approximate surface area is 154 Å². The van der Waals surface area contributed by atoms with E-state index >= 15 is 0 Å². The lowest BCUT2D eigenvalue weighted by Gasteiger charge is -2.50. The minimum atomic E-state index is -0.567. The molecule has 0 aliphatic carbocycles. The van der Waals surface area contributed by atoms with Crippen LogP contribution in [0.25, 0.3) is 0 Å². The van der Waals surface area contributed by atoms with E-state index in [1.807, 2.05) is 20.8 Å². The van der Waals surface area contributed by atoms with Gasteiger partial charge < -0.3 is 4.74 Å². The molecule has 136 valence electrons. The van der Waals surface area contributed by atoms with E-state index in [9.17, 15) is 9.59 Å². The van der Waals surface area contributed by atoms with E-state index in [1.165, 1.54) is 18.9 Å². The lowest BCUT2D eigenvalue weighted by Crippen LogP contribution is -2.66. The van der Waals surface area contributed by atoms with E-state index in [0.29, 0.717) is 22.4 Å². The number of methoxy groups -OCH3 is 1. The number of hydrogen-bond acceptors (Lipinski definition) is 8. The molecular weight excluding hydrogens is 362 g/mol. The maximum atomic E-state index is 13.0. The molecule has 25 heavy (non-hydrogen) atoms. The molecule has 10 heteroatoms. The number of carbonyl (C=O) groups is 2. The first-order chi connectivity index (χ1) is 11.8. The van der Waals surface area contributed by atoms with Crippen molar-refractivity contribution in [2.75, 3.05) is 18.6 Å². The molecule has 1 aromatic heterocycles. The van der Waals surface area contributed by atoms with Crippen LogP contribution in [0.2, 0.25) is 0 Å². The van der Waals surface area contributed by atoms with Crippen LogP contribution in [-0.4, -0.2) is 66.9 Å². The summed E-state index contributed by atoms with van der Waals surface area (Å²) in [5.41, 5.74) is 0.900. The van der Waals surface area contributed by atoms with Gasteiger partial charge in [-0.05, 0) is 16.0 Å². The number of allylic oxidation sites excluding steroid dienone is 1. The van der Waals surface area contributed by atoms with Crippen molar-refractivity contribution < 1.29 is 14.3 Å². The molecule has 2 atom stereocenters. The molecular formula is C15H21N5O3S2. The summed E-state index contributed by atoms with van der Waals surface area (Å²) in [6, 6.07) is 0. The Bertz CT molecular complexity index is 740. The summed E-state index contributed by atoms with van der Waals surface area (Å²) in [5, 5.41) is 11.9. The van der Waals surface area contributed by atoms with Crippen LogP contribution in [0.15, 0.2) is 16.4 Å². The van der Waals surface area contributed by atoms with E-state index < -0.39 is 11.5 Å². The van der Waals surface area contributed by atoms with Crippen molar-refractivity contribution in [1.29, 1.82) is 0 Å². The standard InChI is InChI=1S/C15H21N5O3S2/c1-15(2,3)11(21)9-8(7-25-14-16-17-18-19(14)4)6-24-13-10(23-5)12(22)20(9)13/h10,13H,6-7H2,1-5H3/t10-,13-/m0/s1. The first-order valence-electron chi connectivity index (χ1n) is 7.85. The van der Waals surface area contributed by atoms with Crippen LogP contribution < -0.4 is 0 Å². The predicted molar refractivity (Wildman–Crippen MR) is 94.9 cm³/mol. The molecule has 3 heterocycles. The molecule has 0 spiro atoms. The molecule has 1 saturated heterocycles. The van der Waals surface area contributed by atoms with Crippen LogP contribution in [0, 0.1) is 5.41 Å². The Morgan fingerprint density at radius 3 is 2.72 bits per heavy atom. The van der Waals surface area contributed by atoms with Crippen molar-refractivity contribution in [2.24, 2.45) is 12.5 Å². The lowest BCUT2D eigenvalue weighted by atomic mass is 9.86. The van der Waals surface area contributed by atoms with Gasteiger partial charge in [0.2, 0.25) is 5.16 Å². The van der Waals surface area contributed by atoms with Crippen LogP contribution in [0.1, 0.15) is 20.8 Å². The highest BCUT2D eigenvalue weighted by atomic mass is 32.2. The van der Waals surface area contributed by atoms with Gasteiger partial charge in [0.15, 0.2) is 11.9 Å². The molecule has 0 saturated carbocycles. The quantitative estimate of drug-likeness (QED) is 0.552. The van der Waals surface area contributed by atoms with E-state index in [1.54, 1.807) is 28.4 Å². The van der Waals surface area contributed by atoms with Crippen LogP contribution in [0.5, 0.6) is 0 Å². The van der Waals surface area contributed by atoms with Crippen molar-refractivity contribution in [3.8, 4) is 0 Å². The first-order valence-corrected chi connectivity index (χ1v) is 9.88. The summed E-state index contributed by atoms with van der Waals surface area (Å²) in [5.74, 6) is 1.08. The highest BCUT2D eigenvalue weighted by Crippen LogP contribution is 2.44. The fourth-order valence-electron chi connectivity index (χ4n) is 2.71. The average molecular weight is 383 g/mol. The molecule has 2 aliphatic heterocycles. The number of tetrazole rings is 1. The molecule has 0 bridgehead atoms. The van der Waals surface area contributed by atoms with E-state index in [-0.39, 0.29) is 17.1 Å². The van der Waals surface area contributed by atoms with Crippen LogP contribution >= 0.6 is 23.5 Å². The second-order valence-electron chi connectivity index (χ2n) is 6.97. The molecule has 2 aliphatic rings. The Morgan fingerprint density at radius 1 is 1.44 bits per heavy atom. The van der Waals surface area contributed by atoms with Gasteiger partial charge >= 0.3 is 0 Å². The molecule has 1 aromatic rings. The van der Waals surface area contributed by atoms with E-state index in [0.717, 1.165) is 5.57 Å². The number of carbonyl (C=O) groups excluding carboxylic acids is 2. The molecule has 0 N–H and O–H groups in total. The largest absolute Gasteiger partial charge is 0.368 e. The number of amides is 1. The van der Waals surface area contributed by atoms with Gasteiger partial charge in [0, 0.05) is 31.1 Å². The molecule has 1 fully saturated rings. The zero-order chi connectivity index (χ0) is 18.4. The Hall–Kier alpha value is -1.39. The topological polar surface area (TPSA) is 90.2 Å². The normalized spacial score (nSPS) is 23.6. The third kappa shape index (κ3) is 3.22. The molecule has 8 nitrogen and oxygen atoms in total. The number of β-lactam (4-membered cyclic amide) rings is 1. The van der Waals surface area contributed by atoms with Crippen LogP contribution in [-0.2, 0) is 21.4 Å². The maximum Gasteiger partial charge on any atom is 0.260 e. The van der Waals surface area contributed by atoms with Crippen LogP contribution in [0.4, 0.5) is 0 Å². The van der Waals surface area contributed by atoms with Crippen molar-refractivity contribution in [3.05, 3.63) is 11.3 Å². The van der Waals surface area contributed by atoms with Gasteiger partial charge in [0.05, 0.1) is 5.70 Å². The number of aryl methyl sites for hydroxylation is 1. The number of ketones is 1. The Kier molecular flexibility index (Phi) is 4.95. The molecule has 0 radical (unpaired) electrons. The highest BCUT2D eigenvalue weighted by molar-refractivity contribution is 8.01. The first kappa shape index (κ1) is 18.4.